The van der Waals surface area contributed by atoms with E-state index >= 15 is 0 Å². The van der Waals surface area contributed by atoms with Crippen molar-refractivity contribution in [2.24, 2.45) is 5.73 Å². The first-order valence-corrected chi connectivity index (χ1v) is 5.36. The molecule has 9 heteroatoms. The first-order valence-electron chi connectivity index (χ1n) is 5.36. The highest BCUT2D eigenvalue weighted by Crippen LogP contribution is 2.31. The van der Waals surface area contributed by atoms with Crippen LogP contribution in [0, 0.1) is 0 Å². The van der Waals surface area contributed by atoms with Gasteiger partial charge in [0.2, 0.25) is 0 Å². The Morgan fingerprint density at radius 3 is 2.40 bits per heavy atom. The summed E-state index contributed by atoms with van der Waals surface area (Å²) in [6, 6.07) is 5.07. The van der Waals surface area contributed by atoms with E-state index in [9.17, 15) is 23.1 Å². The highest BCUT2D eigenvalue weighted by molar-refractivity contribution is 5.64. The number of carbonyl (C=O) groups excluding carboxylic acids is 1. The van der Waals surface area contributed by atoms with E-state index < -0.39 is 37.5 Å². The second-order valence-corrected chi connectivity index (χ2v) is 3.59. The van der Waals surface area contributed by atoms with E-state index in [-0.39, 0.29) is 5.75 Å². The number of aliphatic hydroxyl groups is 1. The molecule has 0 aliphatic carbocycles. The van der Waals surface area contributed by atoms with Gasteiger partial charge in [-0.25, -0.2) is 4.79 Å². The fourth-order valence-corrected chi connectivity index (χ4v) is 1.19. The molecule has 1 aromatic carbocycles. The molecule has 1 unspecified atom stereocenters. The summed E-state index contributed by atoms with van der Waals surface area (Å²) < 4.78 is 49.4. The van der Waals surface area contributed by atoms with E-state index in [4.69, 9.17) is 4.74 Å². The molecule has 1 amide bonds. The molecule has 3 N–H and O–H groups in total. The van der Waals surface area contributed by atoms with Crippen molar-refractivity contribution in [2.45, 2.75) is 12.5 Å². The summed E-state index contributed by atoms with van der Waals surface area (Å²) in [6.45, 7) is -0.830. The lowest BCUT2D eigenvalue weighted by Gasteiger charge is -2.15. The summed E-state index contributed by atoms with van der Waals surface area (Å²) in [4.78, 5) is 10.3. The number of halogens is 3. The smallest absolute Gasteiger partial charge is 0.487 e. The molecule has 1 atom stereocenters. The normalized spacial score (nSPS) is 12.6. The Hall–Kier alpha value is -2.16. The van der Waals surface area contributed by atoms with Crippen molar-refractivity contribution in [2.75, 3.05) is 13.2 Å². The van der Waals surface area contributed by atoms with Crippen molar-refractivity contribution in [3.8, 4) is 11.5 Å². The lowest BCUT2D eigenvalue weighted by atomic mass is 10.3. The molecule has 0 fully saturated rings. The molecular formula is C11H12F3NO5. The van der Waals surface area contributed by atoms with Gasteiger partial charge in [0.25, 0.3) is 0 Å². The average molecular weight is 295 g/mol. The van der Waals surface area contributed by atoms with Gasteiger partial charge < -0.3 is 25.1 Å². The van der Waals surface area contributed by atoms with E-state index in [0.29, 0.717) is 0 Å². The van der Waals surface area contributed by atoms with Crippen molar-refractivity contribution in [1.82, 2.24) is 0 Å². The molecule has 0 aliphatic heterocycles. The molecule has 112 valence electrons. The van der Waals surface area contributed by atoms with E-state index in [2.05, 4.69) is 15.2 Å². The Kier molecular flexibility index (Phi) is 5.44. The van der Waals surface area contributed by atoms with Crippen LogP contribution in [-0.2, 0) is 4.74 Å². The fraction of sp³-hybridized carbons (Fsp3) is 0.364. The SMILES string of the molecule is NC(=O)OCC(O)COc1ccccc1OC(F)(F)F. The summed E-state index contributed by atoms with van der Waals surface area (Å²) in [7, 11) is 0. The Balaban J connectivity index is 2.57. The van der Waals surface area contributed by atoms with Crippen molar-refractivity contribution in [1.29, 1.82) is 0 Å². The molecule has 0 saturated heterocycles. The minimum Gasteiger partial charge on any atom is -0.487 e. The largest absolute Gasteiger partial charge is 0.573 e. The summed E-state index contributed by atoms with van der Waals surface area (Å²) >= 11 is 0. The number of rotatable bonds is 6. The molecule has 0 spiro atoms. The zero-order valence-corrected chi connectivity index (χ0v) is 10.1. The number of primary amides is 1. The molecule has 0 heterocycles. The van der Waals surface area contributed by atoms with E-state index in [0.717, 1.165) is 6.07 Å². The van der Waals surface area contributed by atoms with E-state index in [1.54, 1.807) is 0 Å². The van der Waals surface area contributed by atoms with E-state index in [1.807, 2.05) is 0 Å². The molecule has 0 saturated carbocycles. The lowest BCUT2D eigenvalue weighted by molar-refractivity contribution is -0.275. The number of alkyl halides is 3. The maximum Gasteiger partial charge on any atom is 0.573 e. The topological polar surface area (TPSA) is 91.0 Å². The Morgan fingerprint density at radius 2 is 1.85 bits per heavy atom. The second-order valence-electron chi connectivity index (χ2n) is 3.59. The maximum atomic E-state index is 12.1. The molecule has 0 radical (unpaired) electrons. The third kappa shape index (κ3) is 6.14. The first kappa shape index (κ1) is 15.9. The van der Waals surface area contributed by atoms with Gasteiger partial charge in [-0.2, -0.15) is 0 Å². The van der Waals surface area contributed by atoms with Crippen molar-refractivity contribution in [3.63, 3.8) is 0 Å². The van der Waals surface area contributed by atoms with Gasteiger partial charge in [-0.1, -0.05) is 12.1 Å². The third-order valence-corrected chi connectivity index (χ3v) is 1.92. The van der Waals surface area contributed by atoms with Crippen LogP contribution in [0.25, 0.3) is 0 Å². The predicted octanol–water partition coefficient (Wildman–Crippen LogP) is 1.42. The zero-order valence-electron chi connectivity index (χ0n) is 10.1. The van der Waals surface area contributed by atoms with Crippen LogP contribution in [0.1, 0.15) is 0 Å². The van der Waals surface area contributed by atoms with Crippen molar-refractivity contribution < 1.29 is 37.3 Å². The number of nitrogens with two attached hydrogens (primary N) is 1. The number of ether oxygens (including phenoxy) is 3. The number of para-hydroxylation sites is 2. The molecule has 0 aromatic heterocycles. The Morgan fingerprint density at radius 1 is 1.25 bits per heavy atom. The van der Waals surface area contributed by atoms with Gasteiger partial charge in [0.15, 0.2) is 11.5 Å². The predicted molar refractivity (Wildman–Crippen MR) is 60.2 cm³/mol. The van der Waals surface area contributed by atoms with Crippen LogP contribution < -0.4 is 15.2 Å². The summed E-state index contributed by atoms with van der Waals surface area (Å²) in [6.07, 6.45) is -7.17. The quantitative estimate of drug-likeness (QED) is 0.828. The van der Waals surface area contributed by atoms with Crippen LogP contribution in [0.15, 0.2) is 24.3 Å². The monoisotopic (exact) mass is 295 g/mol. The molecular weight excluding hydrogens is 283 g/mol. The molecule has 0 bridgehead atoms. The molecule has 0 aliphatic rings. The summed E-state index contributed by atoms with van der Waals surface area (Å²) in [5.74, 6) is -0.744. The van der Waals surface area contributed by atoms with Crippen LogP contribution >= 0.6 is 0 Å². The Labute approximate surface area is 111 Å². The van der Waals surface area contributed by atoms with Gasteiger partial charge in [0.1, 0.15) is 19.3 Å². The van der Waals surface area contributed by atoms with Crippen LogP contribution in [0.2, 0.25) is 0 Å². The second kappa shape index (κ2) is 6.85. The van der Waals surface area contributed by atoms with Gasteiger partial charge in [0, 0.05) is 0 Å². The van der Waals surface area contributed by atoms with Crippen LogP contribution in [0.5, 0.6) is 11.5 Å². The first-order chi connectivity index (χ1) is 9.28. The standard InChI is InChI=1S/C11H12F3NO5/c12-11(13,14)20-9-4-2-1-3-8(9)18-5-7(16)6-19-10(15)17/h1-4,7,16H,5-6H2,(H2,15,17). The molecule has 1 rings (SSSR count). The minimum absolute atomic E-state index is 0.206. The summed E-state index contributed by atoms with van der Waals surface area (Å²) in [5, 5.41) is 9.36. The molecule has 1 aromatic rings. The number of benzene rings is 1. The maximum absolute atomic E-state index is 12.1. The van der Waals surface area contributed by atoms with Crippen LogP contribution in [0.3, 0.4) is 0 Å². The number of carbonyl (C=O) groups is 1. The van der Waals surface area contributed by atoms with Gasteiger partial charge in [-0.15, -0.1) is 13.2 Å². The zero-order chi connectivity index (χ0) is 15.2. The highest BCUT2D eigenvalue weighted by atomic mass is 19.4. The Bertz CT molecular complexity index is 452. The average Bonchev–Trinajstić information content (AvgIpc) is 2.33. The lowest BCUT2D eigenvalue weighted by Crippen LogP contribution is -2.27. The highest BCUT2D eigenvalue weighted by Gasteiger charge is 2.32. The van der Waals surface area contributed by atoms with Crippen molar-refractivity contribution >= 4 is 6.09 Å². The third-order valence-electron chi connectivity index (χ3n) is 1.92. The molecule has 20 heavy (non-hydrogen) atoms. The fourth-order valence-electron chi connectivity index (χ4n) is 1.19. The van der Waals surface area contributed by atoms with Gasteiger partial charge in [-0.05, 0) is 12.1 Å². The van der Waals surface area contributed by atoms with Crippen LogP contribution in [0.4, 0.5) is 18.0 Å². The van der Waals surface area contributed by atoms with Gasteiger partial charge in [-0.3, -0.25) is 0 Å². The van der Waals surface area contributed by atoms with Gasteiger partial charge in [0.05, 0.1) is 0 Å². The number of amides is 1. The molecule has 6 nitrogen and oxygen atoms in total. The number of aliphatic hydroxyl groups excluding tert-OH is 1. The van der Waals surface area contributed by atoms with E-state index in [1.165, 1.54) is 18.2 Å². The minimum atomic E-state index is -4.85. The van der Waals surface area contributed by atoms with Crippen molar-refractivity contribution in [3.05, 3.63) is 24.3 Å². The number of hydrogen-bond donors (Lipinski definition) is 2. The van der Waals surface area contributed by atoms with Crippen LogP contribution in [-0.4, -0.2) is 36.9 Å². The number of hydrogen-bond acceptors (Lipinski definition) is 5. The summed E-state index contributed by atoms with van der Waals surface area (Å²) in [5.41, 5.74) is 4.68. The van der Waals surface area contributed by atoms with Gasteiger partial charge >= 0.3 is 12.5 Å².